The Bertz CT molecular complexity index is 1290. The van der Waals surface area contributed by atoms with Gasteiger partial charge in [0.15, 0.2) is 5.58 Å². The number of aliphatic imine (C=N–C) groups is 1. The van der Waals surface area contributed by atoms with Crippen molar-refractivity contribution in [2.45, 2.75) is 6.54 Å². The van der Waals surface area contributed by atoms with Gasteiger partial charge in [0.05, 0.1) is 23.7 Å². The molecule has 32 heavy (non-hydrogen) atoms. The van der Waals surface area contributed by atoms with Crippen molar-refractivity contribution >= 4 is 52.2 Å². The summed E-state index contributed by atoms with van der Waals surface area (Å²) in [6, 6.07) is 8.70. The van der Waals surface area contributed by atoms with E-state index in [1.165, 1.54) is 12.3 Å². The second-order valence-electron chi connectivity index (χ2n) is 6.94. The fourth-order valence-corrected chi connectivity index (χ4v) is 3.29. The number of nitrogens with one attached hydrogen (secondary N) is 2. The average Bonchev–Trinajstić information content (AvgIpc) is 3.21. The highest BCUT2D eigenvalue weighted by Crippen LogP contribution is 2.29. The summed E-state index contributed by atoms with van der Waals surface area (Å²) in [6.45, 7) is 0.239. The van der Waals surface area contributed by atoms with E-state index in [0.29, 0.717) is 33.6 Å². The predicted molar refractivity (Wildman–Crippen MR) is 121 cm³/mol. The van der Waals surface area contributed by atoms with E-state index in [9.17, 15) is 9.59 Å². The number of anilines is 1. The summed E-state index contributed by atoms with van der Waals surface area (Å²) < 4.78 is 5.77. The minimum Gasteiger partial charge on any atom is -0.478 e. The van der Waals surface area contributed by atoms with E-state index in [4.69, 9.17) is 26.9 Å². The van der Waals surface area contributed by atoms with Gasteiger partial charge in [-0.05, 0) is 42.0 Å². The maximum atomic E-state index is 12.1. The van der Waals surface area contributed by atoms with E-state index >= 15 is 0 Å². The number of amides is 1. The van der Waals surface area contributed by atoms with Crippen LogP contribution in [-0.2, 0) is 16.1 Å². The summed E-state index contributed by atoms with van der Waals surface area (Å²) in [5.74, 6) is 0.135. The first-order chi connectivity index (χ1) is 15.4. The molecule has 2 aromatic heterocycles. The van der Waals surface area contributed by atoms with Crippen LogP contribution in [0.1, 0.15) is 16.9 Å². The largest absolute Gasteiger partial charge is 0.478 e. The molecule has 0 atom stereocenters. The minimum atomic E-state index is -1.02. The zero-order valence-corrected chi connectivity index (χ0v) is 17.4. The molecule has 4 rings (SSSR count). The maximum absolute atomic E-state index is 12.1. The molecule has 3 aromatic rings. The number of pyridine rings is 1. The lowest BCUT2D eigenvalue weighted by Crippen LogP contribution is -2.26. The van der Waals surface area contributed by atoms with Gasteiger partial charge in [-0.15, -0.1) is 0 Å². The lowest BCUT2D eigenvalue weighted by Gasteiger charge is -2.13. The van der Waals surface area contributed by atoms with Crippen molar-refractivity contribution in [1.29, 1.82) is 0 Å². The summed E-state index contributed by atoms with van der Waals surface area (Å²) in [5, 5.41) is 15.8. The molecule has 3 heterocycles. The van der Waals surface area contributed by atoms with Crippen LogP contribution in [0.5, 0.6) is 0 Å². The third-order valence-electron chi connectivity index (χ3n) is 4.63. The number of nitrogen functional groups attached to an aromatic ring is 1. The number of nitrogens with two attached hydrogens (primary N) is 1. The second kappa shape index (κ2) is 8.94. The molecule has 0 saturated heterocycles. The quantitative estimate of drug-likeness (QED) is 0.422. The number of hydrogen-bond acceptors (Lipinski definition) is 7. The Hall–Kier alpha value is -4.11. The summed E-state index contributed by atoms with van der Waals surface area (Å²) >= 11 is 6.37. The molecule has 1 aromatic carbocycles. The van der Waals surface area contributed by atoms with Crippen LogP contribution in [0.4, 0.5) is 5.82 Å². The molecule has 0 fully saturated rings. The number of carbonyl (C=O) groups is 2. The number of nitrogens with zero attached hydrogens (tertiary/aromatic N) is 2. The Kier molecular flexibility index (Phi) is 5.91. The van der Waals surface area contributed by atoms with Crippen LogP contribution in [0.25, 0.3) is 17.0 Å². The van der Waals surface area contributed by atoms with Gasteiger partial charge >= 0.3 is 5.97 Å². The van der Waals surface area contributed by atoms with Gasteiger partial charge in [-0.1, -0.05) is 11.6 Å². The zero-order valence-electron chi connectivity index (χ0n) is 16.6. The van der Waals surface area contributed by atoms with Gasteiger partial charge in [0, 0.05) is 29.4 Å². The fraction of sp³-hybridized carbons (Fsp3) is 0.0909. The van der Waals surface area contributed by atoms with E-state index in [0.717, 1.165) is 10.9 Å². The van der Waals surface area contributed by atoms with Crippen molar-refractivity contribution < 1.29 is 19.1 Å². The van der Waals surface area contributed by atoms with Crippen molar-refractivity contribution in [3.63, 3.8) is 0 Å². The monoisotopic (exact) mass is 451 g/mol. The lowest BCUT2D eigenvalue weighted by atomic mass is 10.1. The number of aliphatic carboxylic acids is 1. The number of hydrogen-bond donors (Lipinski definition) is 4. The molecule has 1 amide bonds. The van der Waals surface area contributed by atoms with Crippen LogP contribution in [0.2, 0.25) is 5.02 Å². The zero-order chi connectivity index (χ0) is 22.7. The molecule has 0 spiro atoms. The van der Waals surface area contributed by atoms with Crippen LogP contribution in [0.15, 0.2) is 63.8 Å². The summed E-state index contributed by atoms with van der Waals surface area (Å²) in [7, 11) is 0. The number of rotatable bonds is 6. The molecular weight excluding hydrogens is 434 g/mol. The highest BCUT2D eigenvalue weighted by atomic mass is 35.5. The molecule has 0 radical (unpaired) electrons. The number of aromatic nitrogens is 1. The summed E-state index contributed by atoms with van der Waals surface area (Å²) in [4.78, 5) is 31.3. The number of furan rings is 1. The Balaban J connectivity index is 1.43. The number of carboxylic acids is 1. The predicted octanol–water partition coefficient (Wildman–Crippen LogP) is 2.71. The van der Waals surface area contributed by atoms with Gasteiger partial charge in [-0.25, -0.2) is 9.78 Å². The normalized spacial score (nSPS) is 13.5. The standard InChI is InChI=1S/C22H18ClN5O4/c23-17-7-14(21-27-9-15(10-28-21)22(30)31)5-13-6-16(32-20(13)17)11-26-19(29)4-2-12-1-3-18(24)25-8-12/h1-9H,10-11H2,(H2,24,25)(H,26,29)(H,27,28)(H,30,31). The van der Waals surface area contributed by atoms with Crippen molar-refractivity contribution in [3.05, 3.63) is 76.3 Å². The molecule has 1 aliphatic heterocycles. The van der Waals surface area contributed by atoms with Gasteiger partial charge < -0.3 is 25.9 Å². The first-order valence-corrected chi connectivity index (χ1v) is 9.90. The molecule has 5 N–H and O–H groups in total. The van der Waals surface area contributed by atoms with E-state index in [1.807, 2.05) is 6.07 Å². The molecule has 10 heteroatoms. The first-order valence-electron chi connectivity index (χ1n) is 9.52. The number of benzene rings is 1. The molecule has 9 nitrogen and oxygen atoms in total. The Morgan fingerprint density at radius 2 is 2.16 bits per heavy atom. The number of carboxylic acid groups (broad SMARTS) is 1. The number of halogens is 1. The van der Waals surface area contributed by atoms with E-state index in [1.54, 1.807) is 36.5 Å². The molecule has 0 unspecified atom stereocenters. The van der Waals surface area contributed by atoms with E-state index < -0.39 is 5.97 Å². The van der Waals surface area contributed by atoms with Gasteiger partial charge in [-0.3, -0.25) is 9.79 Å². The van der Waals surface area contributed by atoms with Gasteiger partial charge in [0.25, 0.3) is 0 Å². The van der Waals surface area contributed by atoms with Crippen LogP contribution in [0, 0.1) is 0 Å². The molecule has 0 aliphatic carbocycles. The van der Waals surface area contributed by atoms with Gasteiger partial charge in [0.1, 0.15) is 17.4 Å². The van der Waals surface area contributed by atoms with Crippen molar-refractivity contribution in [2.75, 3.05) is 12.3 Å². The smallest absolute Gasteiger partial charge is 0.334 e. The highest BCUT2D eigenvalue weighted by Gasteiger charge is 2.16. The fourth-order valence-electron chi connectivity index (χ4n) is 3.02. The van der Waals surface area contributed by atoms with E-state index in [-0.39, 0.29) is 24.6 Å². The molecular formula is C22H18ClN5O4. The van der Waals surface area contributed by atoms with Crippen LogP contribution in [0.3, 0.4) is 0 Å². The summed E-state index contributed by atoms with van der Waals surface area (Å²) in [5.41, 5.74) is 7.64. The third-order valence-corrected chi connectivity index (χ3v) is 4.91. The Morgan fingerprint density at radius 1 is 1.31 bits per heavy atom. The van der Waals surface area contributed by atoms with Gasteiger partial charge in [0.2, 0.25) is 5.91 Å². The SMILES string of the molecule is Nc1ccc(C=CC(=O)NCc2cc3cc(C4=NCC(C(=O)O)=CN4)cc(Cl)c3o2)cn1. The van der Waals surface area contributed by atoms with Crippen LogP contribution >= 0.6 is 11.6 Å². The van der Waals surface area contributed by atoms with Gasteiger partial charge in [-0.2, -0.15) is 0 Å². The van der Waals surface area contributed by atoms with Crippen molar-refractivity contribution in [1.82, 2.24) is 15.6 Å². The number of fused-ring (bicyclic) bond motifs is 1. The minimum absolute atomic E-state index is 0.0654. The maximum Gasteiger partial charge on any atom is 0.334 e. The Morgan fingerprint density at radius 3 is 2.84 bits per heavy atom. The first kappa shape index (κ1) is 21.1. The molecule has 162 valence electrons. The van der Waals surface area contributed by atoms with Crippen LogP contribution < -0.4 is 16.4 Å². The van der Waals surface area contributed by atoms with Crippen LogP contribution in [-0.4, -0.2) is 34.3 Å². The summed E-state index contributed by atoms with van der Waals surface area (Å²) in [6.07, 6.45) is 6.01. The second-order valence-corrected chi connectivity index (χ2v) is 7.35. The molecule has 0 saturated carbocycles. The number of amidine groups is 1. The molecule has 0 bridgehead atoms. The average molecular weight is 452 g/mol. The van der Waals surface area contributed by atoms with E-state index in [2.05, 4.69) is 20.6 Å². The van der Waals surface area contributed by atoms with Crippen molar-refractivity contribution in [3.8, 4) is 0 Å². The number of carbonyl (C=O) groups excluding carboxylic acids is 1. The highest BCUT2D eigenvalue weighted by molar-refractivity contribution is 6.35. The lowest BCUT2D eigenvalue weighted by molar-refractivity contribution is -0.132. The third kappa shape index (κ3) is 4.79. The Labute approximate surface area is 187 Å². The topological polar surface area (TPSA) is 143 Å². The van der Waals surface area contributed by atoms with Crippen molar-refractivity contribution in [2.24, 2.45) is 4.99 Å². The molecule has 1 aliphatic rings.